The van der Waals surface area contributed by atoms with Gasteiger partial charge in [0.2, 0.25) is 0 Å². The molecular weight excluding hydrogens is 272 g/mol. The van der Waals surface area contributed by atoms with Crippen LogP contribution < -0.4 is 0 Å². The molecule has 1 heterocycles. The minimum Gasteiger partial charge on any atom is -0.437 e. The molecular formula is C13H11F2NO2S. The Bertz CT molecular complexity index is 606. The Hall–Kier alpha value is -1.69. The number of carbonyl (C=O) groups is 1. The Morgan fingerprint density at radius 3 is 2.74 bits per heavy atom. The second kappa shape index (κ2) is 5.52. The van der Waals surface area contributed by atoms with Crippen molar-refractivity contribution in [1.82, 2.24) is 4.98 Å². The number of halogens is 2. The van der Waals surface area contributed by atoms with Crippen molar-refractivity contribution < 1.29 is 18.0 Å². The molecule has 2 aromatic rings. The van der Waals surface area contributed by atoms with Crippen LogP contribution in [0.15, 0.2) is 27.8 Å². The van der Waals surface area contributed by atoms with E-state index in [1.54, 1.807) is 13.8 Å². The highest BCUT2D eigenvalue weighted by Gasteiger charge is 2.15. The van der Waals surface area contributed by atoms with Gasteiger partial charge in [0.05, 0.1) is 17.0 Å². The van der Waals surface area contributed by atoms with E-state index in [0.29, 0.717) is 11.0 Å². The lowest BCUT2D eigenvalue weighted by atomic mass is 10.1. The number of oxazole rings is 1. The van der Waals surface area contributed by atoms with E-state index in [-0.39, 0.29) is 11.3 Å². The minimum atomic E-state index is -0.730. The molecule has 0 aliphatic heterocycles. The number of ketones is 1. The summed E-state index contributed by atoms with van der Waals surface area (Å²) < 4.78 is 31.6. The topological polar surface area (TPSA) is 43.1 Å². The van der Waals surface area contributed by atoms with Gasteiger partial charge in [0.25, 0.3) is 5.22 Å². The normalized spacial score (nSPS) is 10.7. The van der Waals surface area contributed by atoms with E-state index < -0.39 is 17.4 Å². The number of aryl methyl sites for hydroxylation is 2. The molecule has 0 saturated carbocycles. The van der Waals surface area contributed by atoms with Crippen molar-refractivity contribution in [3.05, 3.63) is 46.9 Å². The Morgan fingerprint density at radius 1 is 1.37 bits per heavy atom. The third-order valence-corrected chi connectivity index (χ3v) is 3.39. The van der Waals surface area contributed by atoms with Gasteiger partial charge in [-0.15, -0.1) is 0 Å². The van der Waals surface area contributed by atoms with Crippen molar-refractivity contribution in [2.45, 2.75) is 19.1 Å². The summed E-state index contributed by atoms with van der Waals surface area (Å²) in [5, 5.41) is 0.347. The molecule has 0 aliphatic carbocycles. The highest BCUT2D eigenvalue weighted by atomic mass is 32.2. The van der Waals surface area contributed by atoms with Crippen LogP contribution in [-0.2, 0) is 0 Å². The van der Waals surface area contributed by atoms with E-state index in [4.69, 9.17) is 4.42 Å². The molecule has 0 amide bonds. The summed E-state index contributed by atoms with van der Waals surface area (Å²) in [5.41, 5.74) is 0.486. The maximum atomic E-state index is 13.4. The summed E-state index contributed by atoms with van der Waals surface area (Å²) >= 11 is 1.06. The molecule has 1 aromatic heterocycles. The fourth-order valence-electron chi connectivity index (χ4n) is 1.42. The number of benzene rings is 1. The first kappa shape index (κ1) is 13.7. The van der Waals surface area contributed by atoms with Crippen molar-refractivity contribution in [2.75, 3.05) is 5.75 Å². The Labute approximate surface area is 113 Å². The van der Waals surface area contributed by atoms with Crippen LogP contribution in [0.2, 0.25) is 0 Å². The number of nitrogens with zero attached hydrogens (tertiary/aromatic N) is 1. The summed E-state index contributed by atoms with van der Waals surface area (Å²) in [6, 6.07) is 2.80. The quantitative estimate of drug-likeness (QED) is 0.636. The third kappa shape index (κ3) is 3.20. The molecule has 100 valence electrons. The van der Waals surface area contributed by atoms with Crippen LogP contribution in [0.3, 0.4) is 0 Å². The van der Waals surface area contributed by atoms with Crippen molar-refractivity contribution >= 4 is 17.5 Å². The molecule has 19 heavy (non-hydrogen) atoms. The average molecular weight is 283 g/mol. The van der Waals surface area contributed by atoms with Crippen molar-refractivity contribution in [3.8, 4) is 0 Å². The summed E-state index contributed by atoms with van der Waals surface area (Å²) in [4.78, 5) is 15.9. The minimum absolute atomic E-state index is 0.0558. The fourth-order valence-corrected chi connectivity index (χ4v) is 2.22. The van der Waals surface area contributed by atoms with Gasteiger partial charge in [-0.3, -0.25) is 4.79 Å². The summed E-state index contributed by atoms with van der Waals surface area (Å²) in [5.74, 6) is -1.26. The van der Waals surface area contributed by atoms with Crippen molar-refractivity contribution in [1.29, 1.82) is 0 Å². The number of aromatic nitrogens is 1. The van der Waals surface area contributed by atoms with Crippen LogP contribution in [0.1, 0.15) is 21.8 Å². The zero-order chi connectivity index (χ0) is 14.0. The van der Waals surface area contributed by atoms with Crippen LogP contribution in [-0.4, -0.2) is 16.5 Å². The highest BCUT2D eigenvalue weighted by molar-refractivity contribution is 7.99. The summed E-state index contributed by atoms with van der Waals surface area (Å²) in [7, 11) is 0. The SMILES string of the molecule is Cc1nc(SCC(=O)c2cc(F)ccc2F)oc1C. The van der Waals surface area contributed by atoms with E-state index in [0.717, 1.165) is 35.7 Å². The molecule has 0 radical (unpaired) electrons. The first-order valence-electron chi connectivity index (χ1n) is 5.52. The summed E-state index contributed by atoms with van der Waals surface area (Å²) in [6.45, 7) is 3.55. The summed E-state index contributed by atoms with van der Waals surface area (Å²) in [6.07, 6.45) is 0. The van der Waals surface area contributed by atoms with E-state index in [1.807, 2.05) is 0 Å². The van der Waals surface area contributed by atoms with Gasteiger partial charge in [0, 0.05) is 0 Å². The lowest BCUT2D eigenvalue weighted by Gasteiger charge is -2.01. The number of hydrogen-bond acceptors (Lipinski definition) is 4. The van der Waals surface area contributed by atoms with Crippen molar-refractivity contribution in [2.24, 2.45) is 0 Å². The van der Waals surface area contributed by atoms with Crippen LogP contribution in [0, 0.1) is 25.5 Å². The van der Waals surface area contributed by atoms with Crippen molar-refractivity contribution in [3.63, 3.8) is 0 Å². The molecule has 0 bridgehead atoms. The highest BCUT2D eigenvalue weighted by Crippen LogP contribution is 2.22. The molecule has 0 spiro atoms. The third-order valence-electron chi connectivity index (χ3n) is 2.56. The molecule has 1 aromatic carbocycles. The number of Topliss-reactive ketones (excluding diaryl/α,β-unsaturated/α-hetero) is 1. The molecule has 3 nitrogen and oxygen atoms in total. The van der Waals surface area contributed by atoms with E-state index >= 15 is 0 Å². The molecule has 0 N–H and O–H groups in total. The van der Waals surface area contributed by atoms with Gasteiger partial charge in [0.15, 0.2) is 5.78 Å². The van der Waals surface area contributed by atoms with Gasteiger partial charge < -0.3 is 4.42 Å². The van der Waals surface area contributed by atoms with Gasteiger partial charge in [-0.05, 0) is 32.0 Å². The van der Waals surface area contributed by atoms with Gasteiger partial charge in [-0.1, -0.05) is 11.8 Å². The van der Waals surface area contributed by atoms with Gasteiger partial charge in [-0.2, -0.15) is 0 Å². The average Bonchev–Trinajstić information content (AvgIpc) is 2.69. The first-order chi connectivity index (χ1) is 8.97. The number of hydrogen-bond donors (Lipinski definition) is 0. The Balaban J connectivity index is 2.07. The molecule has 0 unspecified atom stereocenters. The molecule has 0 aliphatic rings. The molecule has 0 fully saturated rings. The maximum Gasteiger partial charge on any atom is 0.256 e. The van der Waals surface area contributed by atoms with Crippen LogP contribution in [0.4, 0.5) is 8.78 Å². The predicted octanol–water partition coefficient (Wildman–Crippen LogP) is 3.54. The second-order valence-electron chi connectivity index (χ2n) is 3.96. The number of carbonyl (C=O) groups excluding carboxylic acids is 1. The largest absolute Gasteiger partial charge is 0.437 e. The van der Waals surface area contributed by atoms with Gasteiger partial charge >= 0.3 is 0 Å². The lowest BCUT2D eigenvalue weighted by molar-refractivity contribution is 0.101. The number of thioether (sulfide) groups is 1. The first-order valence-corrected chi connectivity index (χ1v) is 6.51. The van der Waals surface area contributed by atoms with Gasteiger partial charge in [0.1, 0.15) is 17.4 Å². The molecule has 0 saturated heterocycles. The van der Waals surface area contributed by atoms with Gasteiger partial charge in [-0.25, -0.2) is 13.8 Å². The Kier molecular flexibility index (Phi) is 3.99. The monoisotopic (exact) mass is 283 g/mol. The van der Waals surface area contributed by atoms with Crippen LogP contribution >= 0.6 is 11.8 Å². The molecule has 2 rings (SSSR count). The maximum absolute atomic E-state index is 13.4. The molecule has 0 atom stereocenters. The van der Waals surface area contributed by atoms with Crippen LogP contribution in [0.5, 0.6) is 0 Å². The second-order valence-corrected chi connectivity index (χ2v) is 4.88. The van der Waals surface area contributed by atoms with E-state index in [1.165, 1.54) is 0 Å². The standard InChI is InChI=1S/C13H11F2NO2S/c1-7-8(2)18-13(16-7)19-6-12(17)10-5-9(14)3-4-11(10)15/h3-5H,6H2,1-2H3. The smallest absolute Gasteiger partial charge is 0.256 e. The predicted molar refractivity (Wildman–Crippen MR) is 67.4 cm³/mol. The van der Waals surface area contributed by atoms with E-state index in [2.05, 4.69) is 4.98 Å². The zero-order valence-electron chi connectivity index (χ0n) is 10.4. The number of rotatable bonds is 4. The van der Waals surface area contributed by atoms with Crippen LogP contribution in [0.25, 0.3) is 0 Å². The Morgan fingerprint density at radius 2 is 2.11 bits per heavy atom. The lowest BCUT2D eigenvalue weighted by Crippen LogP contribution is -2.06. The zero-order valence-corrected chi connectivity index (χ0v) is 11.2. The van der Waals surface area contributed by atoms with E-state index in [9.17, 15) is 13.6 Å². The molecule has 6 heteroatoms. The fraction of sp³-hybridized carbons (Fsp3) is 0.231.